The second-order valence-electron chi connectivity index (χ2n) is 9.51. The van der Waals surface area contributed by atoms with Crippen LogP contribution in [0.15, 0.2) is 91.0 Å². The molecule has 158 valence electrons. The SMILES string of the molecule is Cc1ccccc1N(c1ccc(-c2ccc3c(c2)C2CCC3C2)cc1)c1ccccc1C. The normalized spacial score (nSPS) is 18.6. The second kappa shape index (κ2) is 7.67. The minimum atomic E-state index is 0.798. The minimum absolute atomic E-state index is 0.798. The van der Waals surface area contributed by atoms with Crippen LogP contribution in [-0.4, -0.2) is 0 Å². The summed E-state index contributed by atoms with van der Waals surface area (Å²) in [7, 11) is 0. The molecular weight excluding hydrogens is 386 g/mol. The van der Waals surface area contributed by atoms with Gasteiger partial charge >= 0.3 is 0 Å². The first-order valence-corrected chi connectivity index (χ1v) is 11.8. The Kier molecular flexibility index (Phi) is 4.64. The van der Waals surface area contributed by atoms with Crippen LogP contribution >= 0.6 is 0 Å². The number of anilines is 3. The number of fused-ring (bicyclic) bond motifs is 5. The first-order chi connectivity index (χ1) is 15.7. The monoisotopic (exact) mass is 415 g/mol. The molecule has 1 heteroatoms. The third-order valence-electron chi connectivity index (χ3n) is 7.57. The maximum absolute atomic E-state index is 2.47. The third kappa shape index (κ3) is 3.15. The molecule has 1 fully saturated rings. The van der Waals surface area contributed by atoms with Crippen molar-refractivity contribution in [1.29, 1.82) is 0 Å². The zero-order chi connectivity index (χ0) is 21.7. The van der Waals surface area contributed by atoms with E-state index in [0.29, 0.717) is 0 Å². The Hall–Kier alpha value is -3.32. The van der Waals surface area contributed by atoms with Crippen LogP contribution in [0.2, 0.25) is 0 Å². The number of nitrogens with zero attached hydrogens (tertiary/aromatic N) is 1. The first kappa shape index (κ1) is 19.4. The van der Waals surface area contributed by atoms with E-state index in [-0.39, 0.29) is 0 Å². The van der Waals surface area contributed by atoms with E-state index in [1.165, 1.54) is 58.6 Å². The van der Waals surface area contributed by atoms with Gasteiger partial charge in [0.15, 0.2) is 0 Å². The van der Waals surface area contributed by atoms with Crippen molar-refractivity contribution in [2.75, 3.05) is 4.90 Å². The van der Waals surface area contributed by atoms with Crippen LogP contribution in [0.4, 0.5) is 17.1 Å². The van der Waals surface area contributed by atoms with E-state index in [1.807, 2.05) is 0 Å². The Morgan fingerprint density at radius 1 is 0.594 bits per heavy atom. The summed E-state index contributed by atoms with van der Waals surface area (Å²) in [5.41, 5.74) is 12.1. The van der Waals surface area contributed by atoms with E-state index in [9.17, 15) is 0 Å². The van der Waals surface area contributed by atoms with Crippen molar-refractivity contribution in [3.63, 3.8) is 0 Å². The summed E-state index contributed by atoms with van der Waals surface area (Å²) in [6, 6.07) is 33.6. The summed E-state index contributed by atoms with van der Waals surface area (Å²) in [6.45, 7) is 4.38. The fourth-order valence-corrected chi connectivity index (χ4v) is 5.87. The molecule has 0 amide bonds. The van der Waals surface area contributed by atoms with Crippen LogP contribution in [0.25, 0.3) is 11.1 Å². The highest BCUT2D eigenvalue weighted by atomic mass is 15.1. The predicted molar refractivity (Wildman–Crippen MR) is 135 cm³/mol. The van der Waals surface area contributed by atoms with Gasteiger partial charge in [0, 0.05) is 17.1 Å². The maximum Gasteiger partial charge on any atom is 0.0490 e. The predicted octanol–water partition coefficient (Wildman–Crippen LogP) is 8.80. The van der Waals surface area contributed by atoms with Gasteiger partial charge in [0.2, 0.25) is 0 Å². The van der Waals surface area contributed by atoms with Crippen molar-refractivity contribution in [1.82, 2.24) is 0 Å². The molecular formula is C31H29N. The van der Waals surface area contributed by atoms with Gasteiger partial charge in [-0.1, -0.05) is 66.7 Å². The summed E-state index contributed by atoms with van der Waals surface area (Å²) in [4.78, 5) is 2.39. The lowest BCUT2D eigenvalue weighted by atomic mass is 9.89. The Labute approximate surface area is 191 Å². The second-order valence-corrected chi connectivity index (χ2v) is 9.51. The Bertz CT molecular complexity index is 1240. The Balaban J connectivity index is 1.40. The molecule has 0 spiro atoms. The van der Waals surface area contributed by atoms with Gasteiger partial charge in [-0.25, -0.2) is 0 Å². The average molecular weight is 416 g/mol. The highest BCUT2D eigenvalue weighted by molar-refractivity contribution is 5.81. The zero-order valence-corrected chi connectivity index (χ0v) is 18.9. The highest BCUT2D eigenvalue weighted by Gasteiger charge is 2.36. The van der Waals surface area contributed by atoms with Gasteiger partial charge in [0.05, 0.1) is 0 Å². The smallest absolute Gasteiger partial charge is 0.0490 e. The minimum Gasteiger partial charge on any atom is -0.310 e. The van der Waals surface area contributed by atoms with Crippen LogP contribution in [0.3, 0.4) is 0 Å². The molecule has 1 saturated carbocycles. The standard InChI is InChI=1S/C31H29N/c1-21-7-3-5-9-30(21)32(31-10-6-4-8-22(31)2)27-16-13-23(14-17-27)24-15-18-28-25-11-12-26(19-25)29(28)20-24/h3-10,13-18,20,25-26H,11-12,19H2,1-2H3. The van der Waals surface area contributed by atoms with Crippen molar-refractivity contribution in [2.45, 2.75) is 44.9 Å². The average Bonchev–Trinajstić information content (AvgIpc) is 3.45. The lowest BCUT2D eigenvalue weighted by Gasteiger charge is -2.28. The maximum atomic E-state index is 2.47. The fraction of sp³-hybridized carbons (Fsp3) is 0.226. The molecule has 0 saturated heterocycles. The number of aryl methyl sites for hydroxylation is 2. The molecule has 2 aliphatic carbocycles. The molecule has 2 bridgehead atoms. The van der Waals surface area contributed by atoms with Gasteiger partial charge in [0.1, 0.15) is 0 Å². The van der Waals surface area contributed by atoms with E-state index in [1.54, 1.807) is 11.1 Å². The number of para-hydroxylation sites is 2. The van der Waals surface area contributed by atoms with Crippen LogP contribution in [0.1, 0.15) is 53.4 Å². The van der Waals surface area contributed by atoms with Crippen LogP contribution < -0.4 is 4.90 Å². The van der Waals surface area contributed by atoms with Crippen molar-refractivity contribution in [3.8, 4) is 11.1 Å². The summed E-state index contributed by atoms with van der Waals surface area (Å²) in [5, 5.41) is 0. The molecule has 2 atom stereocenters. The molecule has 32 heavy (non-hydrogen) atoms. The highest BCUT2D eigenvalue weighted by Crippen LogP contribution is 2.53. The number of rotatable bonds is 4. The van der Waals surface area contributed by atoms with Crippen molar-refractivity contribution >= 4 is 17.1 Å². The molecule has 0 heterocycles. The van der Waals surface area contributed by atoms with Gasteiger partial charge in [-0.2, -0.15) is 0 Å². The van der Waals surface area contributed by atoms with Crippen molar-refractivity contribution < 1.29 is 0 Å². The molecule has 4 aromatic carbocycles. The van der Waals surface area contributed by atoms with E-state index < -0.39 is 0 Å². The van der Waals surface area contributed by atoms with Gasteiger partial charge in [0.25, 0.3) is 0 Å². The fourth-order valence-electron chi connectivity index (χ4n) is 5.87. The van der Waals surface area contributed by atoms with Crippen LogP contribution in [0.5, 0.6) is 0 Å². The molecule has 1 nitrogen and oxygen atoms in total. The van der Waals surface area contributed by atoms with Crippen molar-refractivity contribution in [2.24, 2.45) is 0 Å². The molecule has 0 aromatic heterocycles. The largest absolute Gasteiger partial charge is 0.310 e. The summed E-state index contributed by atoms with van der Waals surface area (Å²) in [5.74, 6) is 1.62. The van der Waals surface area contributed by atoms with E-state index >= 15 is 0 Å². The van der Waals surface area contributed by atoms with Gasteiger partial charge in [-0.05, 0) is 103 Å². The van der Waals surface area contributed by atoms with E-state index in [0.717, 1.165) is 11.8 Å². The Morgan fingerprint density at radius 3 is 1.78 bits per heavy atom. The van der Waals surface area contributed by atoms with Crippen LogP contribution in [-0.2, 0) is 0 Å². The summed E-state index contributed by atoms with van der Waals surface area (Å²) in [6.07, 6.45) is 4.14. The molecule has 2 unspecified atom stereocenters. The topological polar surface area (TPSA) is 3.24 Å². The molecule has 6 rings (SSSR count). The molecule has 0 N–H and O–H groups in total. The van der Waals surface area contributed by atoms with E-state index in [2.05, 4.69) is 110 Å². The molecule has 4 aromatic rings. The lowest BCUT2D eigenvalue weighted by molar-refractivity contribution is 0.718. The number of benzene rings is 4. The van der Waals surface area contributed by atoms with Crippen molar-refractivity contribution in [3.05, 3.63) is 113 Å². The van der Waals surface area contributed by atoms with Gasteiger partial charge < -0.3 is 4.90 Å². The first-order valence-electron chi connectivity index (χ1n) is 11.8. The molecule has 0 aliphatic heterocycles. The Morgan fingerprint density at radius 2 is 1.16 bits per heavy atom. The van der Waals surface area contributed by atoms with Gasteiger partial charge in [-0.15, -0.1) is 0 Å². The van der Waals surface area contributed by atoms with Gasteiger partial charge in [-0.3, -0.25) is 0 Å². The van der Waals surface area contributed by atoms with E-state index in [4.69, 9.17) is 0 Å². The molecule has 0 radical (unpaired) electrons. The zero-order valence-electron chi connectivity index (χ0n) is 18.9. The summed E-state index contributed by atoms with van der Waals surface area (Å²) < 4.78 is 0. The quantitative estimate of drug-likeness (QED) is 0.322. The summed E-state index contributed by atoms with van der Waals surface area (Å²) >= 11 is 0. The van der Waals surface area contributed by atoms with Crippen LogP contribution in [0, 0.1) is 13.8 Å². The number of hydrogen-bond acceptors (Lipinski definition) is 1. The lowest BCUT2D eigenvalue weighted by Crippen LogP contribution is -2.12. The number of hydrogen-bond donors (Lipinski definition) is 0. The third-order valence-corrected chi connectivity index (χ3v) is 7.57. The molecule has 2 aliphatic rings.